The maximum Gasteiger partial charge on any atom is 0.326 e. The van der Waals surface area contributed by atoms with Crippen LogP contribution in [0.4, 0.5) is 0 Å². The highest BCUT2D eigenvalue weighted by Gasteiger charge is 2.54. The number of rotatable bonds is 5. The third kappa shape index (κ3) is 3.33. The normalized spacial score (nSPS) is 17.6. The first-order valence-corrected chi connectivity index (χ1v) is 9.23. The van der Waals surface area contributed by atoms with Crippen molar-refractivity contribution in [1.29, 1.82) is 0 Å². The van der Waals surface area contributed by atoms with E-state index in [1.54, 1.807) is 0 Å². The van der Waals surface area contributed by atoms with Crippen LogP contribution in [0, 0.1) is 17.3 Å². The molecule has 0 unspecified atom stereocenters. The molecular weight excluding hydrogens is 328 g/mol. The van der Waals surface area contributed by atoms with Crippen molar-refractivity contribution >= 4 is 22.7 Å². The SMILES string of the molecule is CC(C)CC1(CC(C)C)C(=O)OC(c2cccc3ccccc23)OC1=O. The molecule has 0 aliphatic carbocycles. The molecule has 1 saturated heterocycles. The molecule has 0 saturated carbocycles. The summed E-state index contributed by atoms with van der Waals surface area (Å²) in [7, 11) is 0. The minimum absolute atomic E-state index is 0.183. The topological polar surface area (TPSA) is 52.6 Å². The summed E-state index contributed by atoms with van der Waals surface area (Å²) in [6.07, 6.45) is -0.121. The molecule has 1 aliphatic rings. The number of benzene rings is 2. The Balaban J connectivity index is 1.96. The maximum absolute atomic E-state index is 13.0. The van der Waals surface area contributed by atoms with Gasteiger partial charge in [-0.1, -0.05) is 70.2 Å². The lowest BCUT2D eigenvalue weighted by Crippen LogP contribution is -2.49. The quantitative estimate of drug-likeness (QED) is 0.559. The van der Waals surface area contributed by atoms with E-state index >= 15 is 0 Å². The highest BCUT2D eigenvalue weighted by atomic mass is 16.7. The van der Waals surface area contributed by atoms with Gasteiger partial charge < -0.3 is 9.47 Å². The van der Waals surface area contributed by atoms with Crippen molar-refractivity contribution in [2.24, 2.45) is 17.3 Å². The summed E-state index contributed by atoms with van der Waals surface area (Å²) >= 11 is 0. The highest BCUT2D eigenvalue weighted by molar-refractivity contribution is 6.01. The molecule has 0 bridgehead atoms. The second-order valence-electron chi connectivity index (χ2n) is 7.99. The third-order valence-corrected chi connectivity index (χ3v) is 4.80. The van der Waals surface area contributed by atoms with E-state index in [1.165, 1.54) is 0 Å². The van der Waals surface area contributed by atoms with Gasteiger partial charge >= 0.3 is 11.9 Å². The lowest BCUT2D eigenvalue weighted by Gasteiger charge is -2.38. The molecule has 1 aliphatic heterocycles. The van der Waals surface area contributed by atoms with Crippen LogP contribution in [0.25, 0.3) is 10.8 Å². The Morgan fingerprint density at radius 2 is 1.38 bits per heavy atom. The summed E-state index contributed by atoms with van der Waals surface area (Å²) in [5.74, 6) is -0.561. The molecule has 2 aromatic rings. The number of hydrogen-bond donors (Lipinski definition) is 0. The van der Waals surface area contributed by atoms with Crippen LogP contribution in [0.5, 0.6) is 0 Å². The van der Waals surface area contributed by atoms with Gasteiger partial charge in [-0.15, -0.1) is 0 Å². The number of cyclic esters (lactones) is 2. The molecule has 26 heavy (non-hydrogen) atoms. The van der Waals surface area contributed by atoms with Gasteiger partial charge in [0, 0.05) is 5.56 Å². The van der Waals surface area contributed by atoms with E-state index in [2.05, 4.69) is 0 Å². The second kappa shape index (κ2) is 7.10. The molecule has 0 atom stereocenters. The molecule has 0 radical (unpaired) electrons. The largest absolute Gasteiger partial charge is 0.420 e. The molecule has 4 heteroatoms. The molecule has 2 aromatic carbocycles. The van der Waals surface area contributed by atoms with Crippen molar-refractivity contribution in [3.8, 4) is 0 Å². The molecule has 1 fully saturated rings. The van der Waals surface area contributed by atoms with Crippen LogP contribution in [-0.4, -0.2) is 11.9 Å². The van der Waals surface area contributed by atoms with E-state index in [0.29, 0.717) is 18.4 Å². The van der Waals surface area contributed by atoms with Gasteiger partial charge in [0.2, 0.25) is 0 Å². The van der Waals surface area contributed by atoms with Crippen LogP contribution in [0.3, 0.4) is 0 Å². The van der Waals surface area contributed by atoms with Crippen LogP contribution < -0.4 is 0 Å². The van der Waals surface area contributed by atoms with Gasteiger partial charge in [0.25, 0.3) is 6.29 Å². The molecule has 3 rings (SSSR count). The van der Waals surface area contributed by atoms with E-state index in [4.69, 9.17) is 9.47 Å². The average molecular weight is 354 g/mol. The van der Waals surface area contributed by atoms with Crippen molar-refractivity contribution in [3.63, 3.8) is 0 Å². The molecule has 138 valence electrons. The number of hydrogen-bond acceptors (Lipinski definition) is 4. The van der Waals surface area contributed by atoms with Crippen molar-refractivity contribution in [1.82, 2.24) is 0 Å². The van der Waals surface area contributed by atoms with Crippen molar-refractivity contribution < 1.29 is 19.1 Å². The van der Waals surface area contributed by atoms with Crippen molar-refractivity contribution in [2.75, 3.05) is 0 Å². The maximum atomic E-state index is 13.0. The average Bonchev–Trinajstić information content (AvgIpc) is 2.58. The standard InChI is InChI=1S/C22H26O4/c1-14(2)12-22(13-15(3)4)20(23)25-19(26-21(22)24)18-11-7-9-16-8-5-6-10-17(16)18/h5-11,14-15,19H,12-13H2,1-4H3. The Hall–Kier alpha value is -2.36. The molecule has 1 heterocycles. The second-order valence-corrected chi connectivity index (χ2v) is 7.99. The first kappa shape index (κ1) is 18.4. The van der Waals surface area contributed by atoms with E-state index in [1.807, 2.05) is 70.2 Å². The zero-order chi connectivity index (χ0) is 18.9. The summed E-state index contributed by atoms with van der Waals surface area (Å²) in [5, 5.41) is 1.93. The van der Waals surface area contributed by atoms with E-state index < -0.39 is 23.6 Å². The Morgan fingerprint density at radius 3 is 1.96 bits per heavy atom. The molecular formula is C22H26O4. The van der Waals surface area contributed by atoms with E-state index in [0.717, 1.165) is 10.8 Å². The van der Waals surface area contributed by atoms with Gasteiger partial charge in [0.05, 0.1) is 0 Å². The van der Waals surface area contributed by atoms with Crippen LogP contribution in [-0.2, 0) is 19.1 Å². The predicted molar refractivity (Wildman–Crippen MR) is 100 cm³/mol. The molecule has 0 aromatic heterocycles. The van der Waals surface area contributed by atoms with Crippen molar-refractivity contribution in [2.45, 2.75) is 46.8 Å². The van der Waals surface area contributed by atoms with Gasteiger partial charge in [-0.25, -0.2) is 0 Å². The van der Waals surface area contributed by atoms with E-state index in [-0.39, 0.29) is 11.8 Å². The predicted octanol–water partition coefficient (Wildman–Crippen LogP) is 5.02. The monoisotopic (exact) mass is 354 g/mol. The summed E-state index contributed by atoms with van der Waals surface area (Å²) in [4.78, 5) is 26.0. The summed E-state index contributed by atoms with van der Waals surface area (Å²) in [6.45, 7) is 8.00. The number of ether oxygens (including phenoxy) is 2. The lowest BCUT2D eigenvalue weighted by molar-refractivity contribution is -0.228. The Morgan fingerprint density at radius 1 is 0.846 bits per heavy atom. The Kier molecular flexibility index (Phi) is 5.03. The number of esters is 2. The van der Waals surface area contributed by atoms with E-state index in [9.17, 15) is 9.59 Å². The zero-order valence-electron chi connectivity index (χ0n) is 15.8. The third-order valence-electron chi connectivity index (χ3n) is 4.80. The van der Waals surface area contributed by atoms with Gasteiger partial charge in [-0.2, -0.15) is 0 Å². The van der Waals surface area contributed by atoms with Gasteiger partial charge in [-0.3, -0.25) is 9.59 Å². The Bertz CT molecular complexity index is 787. The fourth-order valence-corrected chi connectivity index (χ4v) is 3.92. The van der Waals surface area contributed by atoms with Crippen LogP contribution in [0.2, 0.25) is 0 Å². The van der Waals surface area contributed by atoms with Crippen LogP contribution in [0.1, 0.15) is 52.4 Å². The van der Waals surface area contributed by atoms with Crippen LogP contribution in [0.15, 0.2) is 42.5 Å². The van der Waals surface area contributed by atoms with Gasteiger partial charge in [0.15, 0.2) is 5.41 Å². The summed E-state index contributed by atoms with van der Waals surface area (Å²) < 4.78 is 11.4. The highest BCUT2D eigenvalue weighted by Crippen LogP contribution is 2.43. The molecule has 0 spiro atoms. The number of fused-ring (bicyclic) bond motifs is 1. The fraction of sp³-hybridized carbons (Fsp3) is 0.455. The number of carbonyl (C=O) groups is 2. The minimum Gasteiger partial charge on any atom is -0.420 e. The van der Waals surface area contributed by atoms with Gasteiger partial charge in [0.1, 0.15) is 0 Å². The molecule has 4 nitrogen and oxygen atoms in total. The fourth-order valence-electron chi connectivity index (χ4n) is 3.92. The minimum atomic E-state index is -1.20. The van der Waals surface area contributed by atoms with Crippen LogP contribution >= 0.6 is 0 Å². The van der Waals surface area contributed by atoms with Gasteiger partial charge in [-0.05, 0) is 35.4 Å². The Labute approximate surface area is 154 Å². The smallest absolute Gasteiger partial charge is 0.326 e. The first-order valence-electron chi connectivity index (χ1n) is 9.23. The molecule has 0 amide bonds. The molecule has 0 N–H and O–H groups in total. The summed E-state index contributed by atoms with van der Waals surface area (Å²) in [6, 6.07) is 13.5. The zero-order valence-corrected chi connectivity index (χ0v) is 15.8. The number of carbonyl (C=O) groups excluding carboxylic acids is 2. The summed E-state index contributed by atoms with van der Waals surface area (Å²) in [5.41, 5.74) is -0.504. The first-order chi connectivity index (χ1) is 12.3. The lowest BCUT2D eigenvalue weighted by atomic mass is 9.73. The van der Waals surface area contributed by atoms with Crippen molar-refractivity contribution in [3.05, 3.63) is 48.0 Å².